The Balaban J connectivity index is 1.57. The molecule has 0 unspecified atom stereocenters. The van der Waals surface area contributed by atoms with E-state index in [4.69, 9.17) is 20.8 Å². The number of nitriles is 1. The number of hydrogen-bond acceptors (Lipinski definition) is 5. The quantitative estimate of drug-likeness (QED) is 0.776. The number of nitrogens with zero attached hydrogens (tertiary/aromatic N) is 2. The molecule has 0 aliphatic carbocycles. The van der Waals surface area contributed by atoms with Crippen LogP contribution in [0.4, 0.5) is 5.88 Å². The van der Waals surface area contributed by atoms with E-state index in [0.29, 0.717) is 16.8 Å². The summed E-state index contributed by atoms with van der Waals surface area (Å²) in [7, 11) is 0. The molecule has 3 rings (SSSR count). The van der Waals surface area contributed by atoms with Crippen molar-refractivity contribution in [3.63, 3.8) is 0 Å². The summed E-state index contributed by atoms with van der Waals surface area (Å²) in [4.78, 5) is 5.80. The van der Waals surface area contributed by atoms with Crippen LogP contribution in [0.15, 0.2) is 28.7 Å². The van der Waals surface area contributed by atoms with Crippen LogP contribution in [-0.4, -0.2) is 44.4 Å². The monoisotopic (exact) mass is 347 g/mol. The zero-order valence-corrected chi connectivity index (χ0v) is 14.1. The van der Waals surface area contributed by atoms with Crippen LogP contribution in [0.1, 0.15) is 12.1 Å². The van der Waals surface area contributed by atoms with Crippen LogP contribution < -0.4 is 10.2 Å². The maximum absolute atomic E-state index is 9.23. The van der Waals surface area contributed by atoms with Gasteiger partial charge in [0.1, 0.15) is 19.2 Å². The van der Waals surface area contributed by atoms with Gasteiger partial charge in [-0.1, -0.05) is 11.6 Å². The lowest BCUT2D eigenvalue weighted by atomic mass is 10.2. The summed E-state index contributed by atoms with van der Waals surface area (Å²) in [5, 5.41) is 13.1. The van der Waals surface area contributed by atoms with E-state index in [0.717, 1.165) is 51.4 Å². The molecule has 1 fully saturated rings. The van der Waals surface area contributed by atoms with Gasteiger partial charge in [0.25, 0.3) is 0 Å². The minimum absolute atomic E-state index is 0.277. The Morgan fingerprint density at radius 3 is 2.71 bits per heavy atom. The van der Waals surface area contributed by atoms with Crippen molar-refractivity contribution in [1.29, 1.82) is 5.26 Å². The minimum Gasteiger partial charge on any atom is -0.419 e. The Hall–Kier alpha value is -2.07. The molecule has 0 spiro atoms. The highest BCUT2D eigenvalue weighted by molar-refractivity contribution is 6.30. The highest BCUT2D eigenvalue weighted by Crippen LogP contribution is 2.26. The predicted molar refractivity (Wildman–Crippen MR) is 91.2 cm³/mol. The van der Waals surface area contributed by atoms with E-state index >= 15 is 0 Å². The van der Waals surface area contributed by atoms with E-state index in [-0.39, 0.29) is 5.69 Å². The second-order valence-corrected chi connectivity index (χ2v) is 6.14. The minimum atomic E-state index is 0.277. The molecule has 1 aromatic heterocycles. The van der Waals surface area contributed by atoms with Gasteiger partial charge in [-0.15, -0.1) is 0 Å². The molecule has 1 aromatic carbocycles. The summed E-state index contributed by atoms with van der Waals surface area (Å²) >= 11 is 5.89. The normalized spacial score (nSPS) is 15.2. The molecule has 7 heteroatoms. The van der Waals surface area contributed by atoms with E-state index in [9.17, 15) is 5.26 Å². The van der Waals surface area contributed by atoms with Crippen LogP contribution >= 0.6 is 11.6 Å². The first-order chi connectivity index (χ1) is 11.8. The molecular weight excluding hydrogens is 328 g/mol. The molecule has 1 aliphatic rings. The summed E-state index contributed by atoms with van der Waals surface area (Å²) in [5.74, 6) is 0.851. The van der Waals surface area contributed by atoms with Crippen molar-refractivity contribution in [2.24, 2.45) is 0 Å². The summed E-state index contributed by atoms with van der Waals surface area (Å²) in [5.41, 5.74) is 1.07. The van der Waals surface area contributed by atoms with E-state index in [1.165, 1.54) is 0 Å². The van der Waals surface area contributed by atoms with Gasteiger partial charge in [0.05, 0.1) is 19.8 Å². The topological polar surface area (TPSA) is 75.5 Å². The lowest BCUT2D eigenvalue weighted by Crippen LogP contribution is -3.14. The Kier molecular flexibility index (Phi) is 5.70. The maximum Gasteiger partial charge on any atom is 0.232 e. The average molecular weight is 348 g/mol. The van der Waals surface area contributed by atoms with Crippen LogP contribution in [-0.2, 0) is 4.74 Å². The zero-order chi connectivity index (χ0) is 16.8. The molecule has 0 atom stereocenters. The van der Waals surface area contributed by atoms with Gasteiger partial charge in [-0.2, -0.15) is 10.2 Å². The third kappa shape index (κ3) is 4.26. The molecule has 126 valence electrons. The fraction of sp³-hybridized carbons (Fsp3) is 0.412. The van der Waals surface area contributed by atoms with Crippen LogP contribution in [0.3, 0.4) is 0 Å². The third-order valence-corrected chi connectivity index (χ3v) is 4.27. The number of benzene rings is 1. The molecule has 2 heterocycles. The molecule has 0 amide bonds. The number of rotatable bonds is 6. The van der Waals surface area contributed by atoms with Crippen molar-refractivity contribution >= 4 is 17.5 Å². The Morgan fingerprint density at radius 1 is 1.25 bits per heavy atom. The first-order valence-corrected chi connectivity index (χ1v) is 8.46. The van der Waals surface area contributed by atoms with E-state index in [2.05, 4.69) is 16.4 Å². The van der Waals surface area contributed by atoms with Gasteiger partial charge >= 0.3 is 0 Å². The molecule has 0 radical (unpaired) electrons. The van der Waals surface area contributed by atoms with Crippen LogP contribution in [0.2, 0.25) is 5.02 Å². The highest BCUT2D eigenvalue weighted by atomic mass is 35.5. The van der Waals surface area contributed by atoms with Crippen LogP contribution in [0.25, 0.3) is 11.5 Å². The summed E-state index contributed by atoms with van der Waals surface area (Å²) < 4.78 is 11.1. The molecule has 0 bridgehead atoms. The maximum atomic E-state index is 9.23. The third-order valence-electron chi connectivity index (χ3n) is 4.02. The molecular formula is C17H20ClN4O2+. The van der Waals surface area contributed by atoms with Crippen molar-refractivity contribution in [3.8, 4) is 17.5 Å². The van der Waals surface area contributed by atoms with Crippen LogP contribution in [0.5, 0.6) is 0 Å². The number of nitrogens with one attached hydrogen (secondary N) is 2. The number of oxazole rings is 1. The molecule has 1 saturated heterocycles. The number of aromatic nitrogens is 1. The van der Waals surface area contributed by atoms with Gasteiger partial charge < -0.3 is 19.4 Å². The second kappa shape index (κ2) is 8.15. The largest absolute Gasteiger partial charge is 0.419 e. The summed E-state index contributed by atoms with van der Waals surface area (Å²) in [6, 6.07) is 9.25. The number of halogens is 1. The number of hydrogen-bond donors (Lipinski definition) is 2. The van der Waals surface area contributed by atoms with Crippen molar-refractivity contribution in [3.05, 3.63) is 35.0 Å². The Labute approximate surface area is 146 Å². The Morgan fingerprint density at radius 2 is 2.00 bits per heavy atom. The SMILES string of the molecule is N#Cc1nc(-c2ccc(Cl)cc2)oc1NCCC[NH+]1CCOCC1. The summed E-state index contributed by atoms with van der Waals surface area (Å²) in [6.45, 7) is 5.63. The van der Waals surface area contributed by atoms with E-state index in [1.54, 1.807) is 17.0 Å². The van der Waals surface area contributed by atoms with Gasteiger partial charge in [-0.3, -0.25) is 0 Å². The van der Waals surface area contributed by atoms with Gasteiger partial charge in [0.2, 0.25) is 17.5 Å². The number of morpholine rings is 1. The highest BCUT2D eigenvalue weighted by Gasteiger charge is 2.15. The first-order valence-electron chi connectivity index (χ1n) is 8.08. The number of quaternary nitrogens is 1. The predicted octanol–water partition coefficient (Wildman–Crippen LogP) is 1.58. The summed E-state index contributed by atoms with van der Waals surface area (Å²) in [6.07, 6.45) is 0.997. The average Bonchev–Trinajstić information content (AvgIpc) is 3.03. The van der Waals surface area contributed by atoms with Crippen LogP contribution in [0, 0.1) is 11.3 Å². The van der Waals surface area contributed by atoms with Gasteiger partial charge in [-0.05, 0) is 24.3 Å². The van der Waals surface area contributed by atoms with Crippen molar-refractivity contribution < 1.29 is 14.1 Å². The van der Waals surface area contributed by atoms with Crippen molar-refractivity contribution in [1.82, 2.24) is 4.98 Å². The van der Waals surface area contributed by atoms with Gasteiger partial charge in [0, 0.05) is 23.6 Å². The molecule has 6 nitrogen and oxygen atoms in total. The van der Waals surface area contributed by atoms with Crippen molar-refractivity contribution in [2.75, 3.05) is 44.7 Å². The molecule has 2 N–H and O–H groups in total. The standard InChI is InChI=1S/C17H19ClN4O2/c18-14-4-2-13(3-5-14)16-21-15(12-19)17(24-16)20-6-1-7-22-8-10-23-11-9-22/h2-5,20H,1,6-11H2/p+1. The van der Waals surface area contributed by atoms with Crippen molar-refractivity contribution in [2.45, 2.75) is 6.42 Å². The second-order valence-electron chi connectivity index (χ2n) is 5.71. The molecule has 1 aliphatic heterocycles. The lowest BCUT2D eigenvalue weighted by Gasteiger charge is -2.23. The van der Waals surface area contributed by atoms with Gasteiger partial charge in [-0.25, -0.2) is 0 Å². The van der Waals surface area contributed by atoms with E-state index < -0.39 is 0 Å². The number of anilines is 1. The molecule has 24 heavy (non-hydrogen) atoms. The van der Waals surface area contributed by atoms with E-state index in [1.807, 2.05) is 12.1 Å². The molecule has 2 aromatic rings. The van der Waals surface area contributed by atoms with Gasteiger partial charge in [0.15, 0.2) is 0 Å². The fourth-order valence-electron chi connectivity index (χ4n) is 2.68. The number of ether oxygens (including phenoxy) is 1. The smallest absolute Gasteiger partial charge is 0.232 e. The Bertz CT molecular complexity index is 702. The lowest BCUT2D eigenvalue weighted by molar-refractivity contribution is -0.908. The molecule has 0 saturated carbocycles. The fourth-order valence-corrected chi connectivity index (χ4v) is 2.81. The zero-order valence-electron chi connectivity index (χ0n) is 13.3. The first kappa shape index (κ1) is 16.8.